The fourth-order valence-corrected chi connectivity index (χ4v) is 1.07. The molecule has 1 amide bonds. The van der Waals surface area contributed by atoms with Gasteiger partial charge in [0.15, 0.2) is 17.3 Å². The van der Waals surface area contributed by atoms with Crippen LogP contribution < -0.4 is 0 Å². The molecule has 1 rings (SSSR count). The first kappa shape index (κ1) is 11.8. The van der Waals surface area contributed by atoms with Gasteiger partial charge in [-0.1, -0.05) is 0 Å². The average molecular weight is 225 g/mol. The van der Waals surface area contributed by atoms with Crippen molar-refractivity contribution in [3.63, 3.8) is 0 Å². The number of rotatable bonds is 3. The van der Waals surface area contributed by atoms with Crippen LogP contribution in [0.1, 0.15) is 10.4 Å². The van der Waals surface area contributed by atoms with Crippen LogP contribution in [-0.4, -0.2) is 45.7 Å². The number of likely N-dealkylation sites (N-methyl/N-ethyl adjacent to an activating group) is 1. The third kappa shape index (κ3) is 2.63. The van der Waals surface area contributed by atoms with Crippen LogP contribution in [0.15, 0.2) is 18.2 Å². The van der Waals surface area contributed by atoms with Gasteiger partial charge in [0, 0.05) is 12.6 Å². The van der Waals surface area contributed by atoms with Crippen LogP contribution in [0.25, 0.3) is 0 Å². The van der Waals surface area contributed by atoms with Crippen LogP contribution in [0.5, 0.6) is 11.5 Å². The van der Waals surface area contributed by atoms with Gasteiger partial charge in [0.1, 0.15) is 0 Å². The first-order valence-electron chi connectivity index (χ1n) is 4.41. The van der Waals surface area contributed by atoms with E-state index in [9.17, 15) is 9.59 Å². The maximum absolute atomic E-state index is 11.5. The molecule has 0 saturated heterocycles. The lowest BCUT2D eigenvalue weighted by Crippen LogP contribution is -2.30. The monoisotopic (exact) mass is 225 g/mol. The molecular weight excluding hydrogens is 214 g/mol. The van der Waals surface area contributed by atoms with E-state index in [1.165, 1.54) is 19.2 Å². The molecule has 0 aromatic heterocycles. The van der Waals surface area contributed by atoms with Crippen molar-refractivity contribution in [2.75, 3.05) is 13.6 Å². The summed E-state index contributed by atoms with van der Waals surface area (Å²) in [6.07, 6.45) is -1.21. The molecule has 6 heteroatoms. The summed E-state index contributed by atoms with van der Waals surface area (Å²) in [5.74, 6) is -1.20. The second-order valence-electron chi connectivity index (χ2n) is 3.27. The molecule has 16 heavy (non-hydrogen) atoms. The van der Waals surface area contributed by atoms with Gasteiger partial charge in [-0.05, 0) is 18.2 Å². The number of amides is 1. The van der Waals surface area contributed by atoms with Crippen molar-refractivity contribution in [3.05, 3.63) is 23.8 Å². The van der Waals surface area contributed by atoms with Gasteiger partial charge in [-0.15, -0.1) is 0 Å². The molecule has 0 spiro atoms. The summed E-state index contributed by atoms with van der Waals surface area (Å²) in [7, 11) is 1.26. The number of ketones is 1. The lowest BCUT2D eigenvalue weighted by molar-refractivity contribution is 0.0929. The molecule has 0 aliphatic carbocycles. The molecular formula is C10H11NO5. The molecule has 86 valence electrons. The van der Waals surface area contributed by atoms with Gasteiger partial charge in [0.05, 0.1) is 6.54 Å². The van der Waals surface area contributed by atoms with E-state index in [1.54, 1.807) is 0 Å². The third-order valence-electron chi connectivity index (χ3n) is 2.00. The van der Waals surface area contributed by atoms with Crippen LogP contribution in [0.4, 0.5) is 4.79 Å². The number of hydrogen-bond acceptors (Lipinski definition) is 4. The summed E-state index contributed by atoms with van der Waals surface area (Å²) >= 11 is 0. The van der Waals surface area contributed by atoms with Crippen molar-refractivity contribution < 1.29 is 24.9 Å². The molecule has 1 aromatic carbocycles. The largest absolute Gasteiger partial charge is 0.504 e. The Balaban J connectivity index is 2.81. The smallest absolute Gasteiger partial charge is 0.407 e. The van der Waals surface area contributed by atoms with E-state index in [-0.39, 0.29) is 17.9 Å². The van der Waals surface area contributed by atoms with Crippen molar-refractivity contribution in [2.24, 2.45) is 0 Å². The number of carbonyl (C=O) groups is 2. The highest BCUT2D eigenvalue weighted by molar-refractivity contribution is 5.99. The lowest BCUT2D eigenvalue weighted by atomic mass is 10.1. The number of carbonyl (C=O) groups excluding carboxylic acids is 1. The van der Waals surface area contributed by atoms with Crippen molar-refractivity contribution in [2.45, 2.75) is 0 Å². The topological polar surface area (TPSA) is 98.1 Å². The second-order valence-corrected chi connectivity index (χ2v) is 3.27. The van der Waals surface area contributed by atoms with Crippen molar-refractivity contribution >= 4 is 11.9 Å². The Hall–Kier alpha value is -2.24. The molecule has 0 aliphatic rings. The van der Waals surface area contributed by atoms with E-state index in [0.717, 1.165) is 11.0 Å². The van der Waals surface area contributed by atoms with Gasteiger partial charge in [-0.2, -0.15) is 0 Å². The highest BCUT2D eigenvalue weighted by atomic mass is 16.4. The standard InChI is InChI=1S/C10H11NO5/c1-11(10(15)16)5-9(14)6-2-3-7(12)8(13)4-6/h2-4,12-13H,5H2,1H3,(H,15,16). The average Bonchev–Trinajstić information content (AvgIpc) is 2.21. The molecule has 0 bridgehead atoms. The van der Waals surface area contributed by atoms with Crippen molar-refractivity contribution in [3.8, 4) is 11.5 Å². The van der Waals surface area contributed by atoms with Crippen LogP contribution in [0, 0.1) is 0 Å². The molecule has 0 radical (unpaired) electrons. The Bertz CT molecular complexity index is 429. The Labute approximate surface area is 91.4 Å². The van der Waals surface area contributed by atoms with Crippen LogP contribution in [0.2, 0.25) is 0 Å². The van der Waals surface area contributed by atoms with Crippen LogP contribution >= 0.6 is 0 Å². The molecule has 3 N–H and O–H groups in total. The number of benzene rings is 1. The van der Waals surface area contributed by atoms with Gasteiger partial charge in [0.2, 0.25) is 0 Å². The van der Waals surface area contributed by atoms with E-state index >= 15 is 0 Å². The fourth-order valence-electron chi connectivity index (χ4n) is 1.07. The van der Waals surface area contributed by atoms with Crippen LogP contribution in [0.3, 0.4) is 0 Å². The quantitative estimate of drug-likeness (QED) is 0.524. The number of Topliss-reactive ketones (excluding diaryl/α,β-unsaturated/α-hetero) is 1. The van der Waals surface area contributed by atoms with E-state index in [1.807, 2.05) is 0 Å². The highest BCUT2D eigenvalue weighted by Crippen LogP contribution is 2.24. The van der Waals surface area contributed by atoms with Gasteiger partial charge >= 0.3 is 6.09 Å². The van der Waals surface area contributed by atoms with Crippen LogP contribution in [-0.2, 0) is 0 Å². The molecule has 0 saturated carbocycles. The number of aromatic hydroxyl groups is 2. The van der Waals surface area contributed by atoms with E-state index in [0.29, 0.717) is 0 Å². The van der Waals surface area contributed by atoms with Crippen molar-refractivity contribution in [1.29, 1.82) is 0 Å². The Morgan fingerprint density at radius 3 is 2.38 bits per heavy atom. The molecule has 6 nitrogen and oxygen atoms in total. The van der Waals surface area contributed by atoms with Crippen molar-refractivity contribution in [1.82, 2.24) is 4.90 Å². The Morgan fingerprint density at radius 1 is 1.25 bits per heavy atom. The lowest BCUT2D eigenvalue weighted by Gasteiger charge is -2.11. The zero-order valence-electron chi connectivity index (χ0n) is 8.54. The summed E-state index contributed by atoms with van der Waals surface area (Å²) in [4.78, 5) is 22.8. The molecule has 0 atom stereocenters. The minimum absolute atomic E-state index is 0.142. The van der Waals surface area contributed by atoms with Gasteiger partial charge in [0.25, 0.3) is 0 Å². The molecule has 1 aromatic rings. The van der Waals surface area contributed by atoms with E-state index in [2.05, 4.69) is 0 Å². The first-order valence-corrected chi connectivity index (χ1v) is 4.41. The summed E-state index contributed by atoms with van der Waals surface area (Å²) in [6.45, 7) is -0.306. The number of nitrogens with zero attached hydrogens (tertiary/aromatic N) is 1. The van der Waals surface area contributed by atoms with E-state index in [4.69, 9.17) is 15.3 Å². The fraction of sp³-hybridized carbons (Fsp3) is 0.200. The minimum atomic E-state index is -1.21. The normalized spacial score (nSPS) is 9.81. The predicted molar refractivity (Wildman–Crippen MR) is 54.8 cm³/mol. The molecule has 0 unspecified atom stereocenters. The highest BCUT2D eigenvalue weighted by Gasteiger charge is 2.14. The first-order chi connectivity index (χ1) is 7.41. The zero-order valence-corrected chi connectivity index (χ0v) is 8.54. The Morgan fingerprint density at radius 2 is 1.88 bits per heavy atom. The SMILES string of the molecule is CN(CC(=O)c1ccc(O)c(O)c1)C(=O)O. The number of carboxylic acid groups (broad SMARTS) is 1. The summed E-state index contributed by atoms with van der Waals surface area (Å²) in [6, 6.07) is 3.57. The Kier molecular flexibility index (Phi) is 3.34. The number of hydrogen-bond donors (Lipinski definition) is 3. The number of phenolic OH excluding ortho intramolecular Hbond substituents is 2. The predicted octanol–water partition coefficient (Wildman–Crippen LogP) is 0.890. The third-order valence-corrected chi connectivity index (χ3v) is 2.00. The van der Waals surface area contributed by atoms with E-state index < -0.39 is 17.6 Å². The summed E-state index contributed by atoms with van der Waals surface area (Å²) < 4.78 is 0. The molecule has 0 aliphatic heterocycles. The minimum Gasteiger partial charge on any atom is -0.504 e. The maximum Gasteiger partial charge on any atom is 0.407 e. The molecule has 0 heterocycles. The van der Waals surface area contributed by atoms with Gasteiger partial charge in [-0.25, -0.2) is 4.79 Å². The number of phenols is 2. The second kappa shape index (κ2) is 4.52. The van der Waals surface area contributed by atoms with Gasteiger partial charge < -0.3 is 20.2 Å². The van der Waals surface area contributed by atoms with Gasteiger partial charge in [-0.3, -0.25) is 4.79 Å². The summed E-state index contributed by atoms with van der Waals surface area (Å²) in [5.41, 5.74) is 0.142. The maximum atomic E-state index is 11.5. The summed E-state index contributed by atoms with van der Waals surface area (Å²) in [5, 5.41) is 26.8. The molecule has 0 fully saturated rings. The zero-order chi connectivity index (χ0) is 12.3.